The minimum atomic E-state index is -0.0424. The minimum absolute atomic E-state index is 0.0424. The zero-order chi connectivity index (χ0) is 17.7. The summed E-state index contributed by atoms with van der Waals surface area (Å²) < 4.78 is 0. The Labute approximate surface area is 155 Å². The highest BCUT2D eigenvalue weighted by Gasteiger charge is 2.42. The molecule has 4 heteroatoms. The fourth-order valence-electron chi connectivity index (χ4n) is 5.82. The van der Waals surface area contributed by atoms with E-state index in [4.69, 9.17) is 4.98 Å². The van der Waals surface area contributed by atoms with Gasteiger partial charge in [-0.2, -0.15) is 0 Å². The van der Waals surface area contributed by atoms with E-state index in [1.54, 1.807) is 0 Å². The molecule has 2 aliphatic heterocycles. The number of carbonyl (C=O) groups is 1. The van der Waals surface area contributed by atoms with Crippen LogP contribution in [0.25, 0.3) is 10.9 Å². The van der Waals surface area contributed by atoms with Crippen molar-refractivity contribution in [2.75, 3.05) is 11.9 Å². The van der Waals surface area contributed by atoms with Crippen LogP contribution < -0.4 is 5.32 Å². The molecule has 4 bridgehead atoms. The molecular weight excluding hydrogens is 322 g/mol. The predicted molar refractivity (Wildman–Crippen MR) is 104 cm³/mol. The van der Waals surface area contributed by atoms with Crippen molar-refractivity contribution in [3.63, 3.8) is 0 Å². The lowest BCUT2D eigenvalue weighted by Crippen LogP contribution is -2.37. The molecule has 2 saturated heterocycles. The van der Waals surface area contributed by atoms with Gasteiger partial charge in [0.2, 0.25) is 5.91 Å². The average molecular weight is 349 g/mol. The number of nitrogens with one attached hydrogen (secondary N) is 1. The molecule has 6 rings (SSSR count). The minimum Gasteiger partial charge on any atom is -0.326 e. The van der Waals surface area contributed by atoms with Crippen LogP contribution in [0.1, 0.15) is 44.7 Å². The summed E-state index contributed by atoms with van der Waals surface area (Å²) in [5, 5.41) is 3.92. The summed E-state index contributed by atoms with van der Waals surface area (Å²) in [6, 6.07) is 11.0. The maximum absolute atomic E-state index is 11.2. The SMILES string of the molecule is CC(=O)Nc1ccc2nc(CN3CC4C[C@@H]5CC3C[C@H](C4)C5)ccc2c1. The van der Waals surface area contributed by atoms with Crippen LogP contribution >= 0.6 is 0 Å². The van der Waals surface area contributed by atoms with Crippen LogP contribution in [0.2, 0.25) is 0 Å². The van der Waals surface area contributed by atoms with Gasteiger partial charge < -0.3 is 5.32 Å². The van der Waals surface area contributed by atoms with Crippen molar-refractivity contribution in [1.29, 1.82) is 0 Å². The van der Waals surface area contributed by atoms with Crippen LogP contribution in [0.5, 0.6) is 0 Å². The topological polar surface area (TPSA) is 45.2 Å². The average Bonchev–Trinajstić information content (AvgIpc) is 2.78. The summed E-state index contributed by atoms with van der Waals surface area (Å²) in [6.07, 6.45) is 7.22. The number of hydrogen-bond acceptors (Lipinski definition) is 3. The monoisotopic (exact) mass is 349 g/mol. The summed E-state index contributed by atoms with van der Waals surface area (Å²) in [5.41, 5.74) is 3.02. The first-order valence-corrected chi connectivity index (χ1v) is 10.0. The van der Waals surface area contributed by atoms with Crippen molar-refractivity contribution in [2.24, 2.45) is 17.8 Å². The van der Waals surface area contributed by atoms with E-state index >= 15 is 0 Å². The van der Waals surface area contributed by atoms with Crippen LogP contribution in [-0.2, 0) is 11.3 Å². The Bertz CT molecular complexity index is 834. The highest BCUT2D eigenvalue weighted by Crippen LogP contribution is 2.47. The van der Waals surface area contributed by atoms with E-state index in [1.165, 1.54) is 51.3 Å². The zero-order valence-corrected chi connectivity index (χ0v) is 15.4. The van der Waals surface area contributed by atoms with E-state index < -0.39 is 0 Å². The van der Waals surface area contributed by atoms with Crippen molar-refractivity contribution in [3.05, 3.63) is 36.0 Å². The van der Waals surface area contributed by atoms with Crippen molar-refractivity contribution < 1.29 is 4.79 Å². The van der Waals surface area contributed by atoms with Crippen LogP contribution in [0.3, 0.4) is 0 Å². The van der Waals surface area contributed by atoms with Gasteiger partial charge in [-0.05, 0) is 74.1 Å². The molecule has 0 radical (unpaired) electrons. The number of aromatic nitrogens is 1. The van der Waals surface area contributed by atoms with Crippen molar-refractivity contribution >= 4 is 22.5 Å². The van der Waals surface area contributed by atoms with E-state index in [2.05, 4.69) is 22.3 Å². The Kier molecular flexibility index (Phi) is 3.96. The van der Waals surface area contributed by atoms with Gasteiger partial charge in [-0.15, -0.1) is 0 Å². The lowest BCUT2D eigenvalue weighted by Gasteiger charge is -2.39. The first-order chi connectivity index (χ1) is 12.6. The van der Waals surface area contributed by atoms with Crippen LogP contribution in [0, 0.1) is 17.8 Å². The number of benzene rings is 1. The van der Waals surface area contributed by atoms with Gasteiger partial charge in [0.15, 0.2) is 0 Å². The summed E-state index contributed by atoms with van der Waals surface area (Å²) in [6.45, 7) is 3.77. The molecule has 26 heavy (non-hydrogen) atoms. The summed E-state index contributed by atoms with van der Waals surface area (Å²) in [5.74, 6) is 2.84. The number of anilines is 1. The van der Waals surface area contributed by atoms with Gasteiger partial charge in [0.25, 0.3) is 0 Å². The van der Waals surface area contributed by atoms with E-state index in [0.717, 1.165) is 46.9 Å². The van der Waals surface area contributed by atoms with Crippen molar-refractivity contribution in [2.45, 2.75) is 51.6 Å². The highest BCUT2D eigenvalue weighted by molar-refractivity contribution is 5.92. The number of nitrogens with zero attached hydrogens (tertiary/aromatic N) is 2. The second-order valence-corrected chi connectivity index (χ2v) is 8.75. The lowest BCUT2D eigenvalue weighted by molar-refractivity contribution is -0.114. The van der Waals surface area contributed by atoms with Gasteiger partial charge in [0.1, 0.15) is 0 Å². The van der Waals surface area contributed by atoms with Gasteiger partial charge >= 0.3 is 0 Å². The Morgan fingerprint density at radius 3 is 2.62 bits per heavy atom. The highest BCUT2D eigenvalue weighted by atomic mass is 16.1. The molecule has 4 atom stereocenters. The molecule has 2 aliphatic carbocycles. The Hall–Kier alpha value is -1.94. The number of hydrogen-bond donors (Lipinski definition) is 1. The van der Waals surface area contributed by atoms with E-state index in [9.17, 15) is 4.79 Å². The number of fused-ring (bicyclic) bond motifs is 2. The summed E-state index contributed by atoms with van der Waals surface area (Å²) >= 11 is 0. The number of rotatable bonds is 3. The summed E-state index contributed by atoms with van der Waals surface area (Å²) in [4.78, 5) is 18.9. The van der Waals surface area contributed by atoms with Crippen LogP contribution in [0.4, 0.5) is 5.69 Å². The fraction of sp³-hybridized carbons (Fsp3) is 0.545. The number of amides is 1. The van der Waals surface area contributed by atoms with Crippen molar-refractivity contribution in [3.8, 4) is 0 Å². The van der Waals surface area contributed by atoms with Gasteiger partial charge in [0.05, 0.1) is 11.2 Å². The smallest absolute Gasteiger partial charge is 0.221 e. The van der Waals surface area contributed by atoms with Gasteiger partial charge in [-0.25, -0.2) is 0 Å². The third-order valence-corrected chi connectivity index (χ3v) is 6.65. The quantitative estimate of drug-likeness (QED) is 0.903. The molecule has 1 aromatic carbocycles. The lowest BCUT2D eigenvalue weighted by atomic mass is 9.68. The van der Waals surface area contributed by atoms with Gasteiger partial charge in [0, 0.05) is 37.1 Å². The number of carbonyl (C=O) groups excluding carboxylic acids is 1. The maximum Gasteiger partial charge on any atom is 0.221 e. The molecule has 2 unspecified atom stereocenters. The Balaban J connectivity index is 1.37. The first kappa shape index (κ1) is 16.2. The fourth-order valence-corrected chi connectivity index (χ4v) is 5.82. The molecule has 2 aromatic rings. The molecule has 3 heterocycles. The molecule has 0 spiro atoms. The largest absolute Gasteiger partial charge is 0.326 e. The third kappa shape index (κ3) is 3.11. The van der Waals surface area contributed by atoms with Gasteiger partial charge in [-0.3, -0.25) is 14.7 Å². The molecule has 4 aliphatic rings. The summed E-state index contributed by atoms with van der Waals surface area (Å²) in [7, 11) is 0. The van der Waals surface area contributed by atoms with Crippen LogP contribution in [-0.4, -0.2) is 28.4 Å². The number of pyridine rings is 1. The van der Waals surface area contributed by atoms with E-state index in [-0.39, 0.29) is 5.91 Å². The second-order valence-electron chi connectivity index (χ2n) is 8.75. The van der Waals surface area contributed by atoms with E-state index in [1.807, 2.05) is 18.2 Å². The van der Waals surface area contributed by atoms with Crippen LogP contribution in [0.15, 0.2) is 30.3 Å². The second kappa shape index (κ2) is 6.34. The molecule has 4 nitrogen and oxygen atoms in total. The Morgan fingerprint density at radius 2 is 1.85 bits per heavy atom. The normalized spacial score (nSPS) is 30.5. The molecule has 1 amide bonds. The molecule has 4 fully saturated rings. The third-order valence-electron chi connectivity index (χ3n) is 6.65. The standard InChI is InChI=1S/C22H27N3O/c1-14(26)23-19-4-5-22-18(11-19)2-3-20(24-22)13-25-12-17-7-15-6-16(8-17)10-21(25)9-15/h2-5,11,15-17,21H,6-10,12-13H2,1H3,(H,23,26)/t15-,16+,17?,21?. The molecule has 2 saturated carbocycles. The maximum atomic E-state index is 11.2. The molecule has 136 valence electrons. The van der Waals surface area contributed by atoms with Gasteiger partial charge in [-0.1, -0.05) is 6.07 Å². The Morgan fingerprint density at radius 1 is 1.08 bits per heavy atom. The van der Waals surface area contributed by atoms with Crippen molar-refractivity contribution in [1.82, 2.24) is 9.88 Å². The van der Waals surface area contributed by atoms with E-state index in [0.29, 0.717) is 0 Å². The predicted octanol–water partition coefficient (Wildman–Crippen LogP) is 4.20. The molecular formula is C22H27N3O. The first-order valence-electron chi connectivity index (χ1n) is 10.0. The molecule has 1 N–H and O–H groups in total. The molecule has 1 aromatic heterocycles. The zero-order valence-electron chi connectivity index (χ0n) is 15.4.